The van der Waals surface area contributed by atoms with E-state index in [4.69, 9.17) is 4.98 Å². The van der Waals surface area contributed by atoms with Gasteiger partial charge in [-0.15, -0.1) is 0 Å². The summed E-state index contributed by atoms with van der Waals surface area (Å²) in [6.07, 6.45) is 5.83. The van der Waals surface area contributed by atoms with Gasteiger partial charge in [0.15, 0.2) is 0 Å². The largest absolute Gasteiger partial charge is 0.351 e. The lowest BCUT2D eigenvalue weighted by Crippen LogP contribution is -2.39. The second-order valence-electron chi connectivity index (χ2n) is 6.50. The second-order valence-corrected chi connectivity index (χ2v) is 6.50. The van der Waals surface area contributed by atoms with Crippen molar-refractivity contribution in [1.29, 1.82) is 0 Å². The highest BCUT2D eigenvalue weighted by Gasteiger charge is 2.27. The molecule has 2 heterocycles. The fraction of sp³-hybridized carbons (Fsp3) is 0.706. The molecule has 1 fully saturated rings. The molecule has 0 N–H and O–H groups in total. The number of anilines is 1. The third kappa shape index (κ3) is 3.14. The topological polar surface area (TPSA) is 19.4 Å². The Morgan fingerprint density at radius 1 is 1.20 bits per heavy atom. The SMILES string of the molecule is CC(C)N(c1ncccc1[C@@H]1CCCCN1C)C(C)C. The Bertz CT molecular complexity index is 420. The van der Waals surface area contributed by atoms with Crippen LogP contribution in [-0.2, 0) is 0 Å². The third-order valence-corrected chi connectivity index (χ3v) is 4.30. The summed E-state index contributed by atoms with van der Waals surface area (Å²) in [4.78, 5) is 9.66. The number of rotatable bonds is 4. The first-order valence-electron chi connectivity index (χ1n) is 7.96. The first-order chi connectivity index (χ1) is 9.52. The Morgan fingerprint density at radius 2 is 1.90 bits per heavy atom. The summed E-state index contributed by atoms with van der Waals surface area (Å²) < 4.78 is 0. The zero-order valence-electron chi connectivity index (χ0n) is 13.6. The van der Waals surface area contributed by atoms with E-state index >= 15 is 0 Å². The molecular weight excluding hydrogens is 246 g/mol. The minimum absolute atomic E-state index is 0.470. The molecule has 1 aromatic heterocycles. The number of likely N-dealkylation sites (tertiary alicyclic amines) is 1. The van der Waals surface area contributed by atoms with Crippen LogP contribution in [0.5, 0.6) is 0 Å². The summed E-state index contributed by atoms with van der Waals surface area (Å²) in [6.45, 7) is 10.2. The van der Waals surface area contributed by atoms with Gasteiger partial charge in [0.25, 0.3) is 0 Å². The van der Waals surface area contributed by atoms with Crippen molar-refractivity contribution in [3.05, 3.63) is 23.9 Å². The van der Waals surface area contributed by atoms with Crippen LogP contribution in [0.2, 0.25) is 0 Å². The van der Waals surface area contributed by atoms with Crippen molar-refractivity contribution in [2.24, 2.45) is 0 Å². The summed E-state index contributed by atoms with van der Waals surface area (Å²) in [6, 6.07) is 5.81. The number of aromatic nitrogens is 1. The van der Waals surface area contributed by atoms with E-state index in [1.165, 1.54) is 37.2 Å². The summed E-state index contributed by atoms with van der Waals surface area (Å²) in [5, 5.41) is 0. The molecule has 1 aliphatic heterocycles. The first kappa shape index (κ1) is 15.3. The van der Waals surface area contributed by atoms with Crippen LogP contribution in [0.1, 0.15) is 58.6 Å². The van der Waals surface area contributed by atoms with Crippen LogP contribution in [0.15, 0.2) is 18.3 Å². The molecule has 2 rings (SSSR count). The molecule has 0 saturated carbocycles. The van der Waals surface area contributed by atoms with Crippen molar-refractivity contribution >= 4 is 5.82 Å². The molecule has 0 bridgehead atoms. The van der Waals surface area contributed by atoms with Gasteiger partial charge in [0.1, 0.15) is 5.82 Å². The van der Waals surface area contributed by atoms with Gasteiger partial charge < -0.3 is 4.90 Å². The Kier molecular flexibility index (Phi) is 5.03. The van der Waals surface area contributed by atoms with Crippen molar-refractivity contribution in [1.82, 2.24) is 9.88 Å². The molecule has 3 nitrogen and oxygen atoms in total. The van der Waals surface area contributed by atoms with Gasteiger partial charge in [0.2, 0.25) is 0 Å². The summed E-state index contributed by atoms with van der Waals surface area (Å²) >= 11 is 0. The first-order valence-corrected chi connectivity index (χ1v) is 7.96. The second kappa shape index (κ2) is 6.57. The van der Waals surface area contributed by atoms with E-state index in [1.807, 2.05) is 6.20 Å². The predicted molar refractivity (Wildman–Crippen MR) is 86.2 cm³/mol. The van der Waals surface area contributed by atoms with E-state index in [0.29, 0.717) is 18.1 Å². The normalized spacial score (nSPS) is 20.6. The molecule has 0 radical (unpaired) electrons. The molecule has 1 aliphatic rings. The van der Waals surface area contributed by atoms with Gasteiger partial charge in [-0.25, -0.2) is 4.98 Å². The van der Waals surface area contributed by atoms with Crippen LogP contribution < -0.4 is 4.90 Å². The molecule has 0 aromatic carbocycles. The molecule has 0 aliphatic carbocycles. The molecule has 20 heavy (non-hydrogen) atoms. The van der Waals surface area contributed by atoms with Crippen molar-refractivity contribution in [2.45, 2.75) is 65.1 Å². The van der Waals surface area contributed by atoms with Crippen molar-refractivity contribution in [3.8, 4) is 0 Å². The molecule has 1 aromatic rings. The van der Waals surface area contributed by atoms with Crippen molar-refractivity contribution < 1.29 is 0 Å². The van der Waals surface area contributed by atoms with Crippen LogP contribution in [0.4, 0.5) is 5.82 Å². The number of piperidine rings is 1. The lowest BCUT2D eigenvalue weighted by atomic mass is 9.95. The summed E-state index contributed by atoms with van der Waals surface area (Å²) in [7, 11) is 2.25. The predicted octanol–water partition coefficient (Wildman–Crippen LogP) is 3.86. The highest BCUT2D eigenvalue weighted by Crippen LogP contribution is 2.35. The van der Waals surface area contributed by atoms with Crippen LogP contribution >= 0.6 is 0 Å². The van der Waals surface area contributed by atoms with E-state index in [-0.39, 0.29) is 0 Å². The number of nitrogens with zero attached hydrogens (tertiary/aromatic N) is 3. The average Bonchev–Trinajstić information content (AvgIpc) is 2.39. The fourth-order valence-corrected chi connectivity index (χ4v) is 3.44. The number of hydrogen-bond acceptors (Lipinski definition) is 3. The third-order valence-electron chi connectivity index (χ3n) is 4.30. The van der Waals surface area contributed by atoms with Crippen LogP contribution in [0.3, 0.4) is 0 Å². The Balaban J connectivity index is 2.38. The zero-order valence-corrected chi connectivity index (χ0v) is 13.6. The molecule has 0 unspecified atom stereocenters. The van der Waals surface area contributed by atoms with Crippen molar-refractivity contribution in [3.63, 3.8) is 0 Å². The lowest BCUT2D eigenvalue weighted by Gasteiger charge is -2.38. The quantitative estimate of drug-likeness (QED) is 0.831. The smallest absolute Gasteiger partial charge is 0.133 e. The van der Waals surface area contributed by atoms with Gasteiger partial charge in [-0.2, -0.15) is 0 Å². The van der Waals surface area contributed by atoms with Gasteiger partial charge >= 0.3 is 0 Å². The average molecular weight is 275 g/mol. The maximum atomic E-state index is 4.73. The Hall–Kier alpha value is -1.09. The summed E-state index contributed by atoms with van der Waals surface area (Å²) in [5.41, 5.74) is 1.40. The molecule has 112 valence electrons. The van der Waals surface area contributed by atoms with Crippen LogP contribution in [-0.4, -0.2) is 35.6 Å². The van der Waals surface area contributed by atoms with Crippen LogP contribution in [0, 0.1) is 0 Å². The maximum absolute atomic E-state index is 4.73. The molecular formula is C17H29N3. The van der Waals surface area contributed by atoms with E-state index in [9.17, 15) is 0 Å². The molecule has 0 amide bonds. The van der Waals surface area contributed by atoms with E-state index in [1.54, 1.807) is 0 Å². The fourth-order valence-electron chi connectivity index (χ4n) is 3.44. The Morgan fingerprint density at radius 3 is 2.50 bits per heavy atom. The minimum Gasteiger partial charge on any atom is -0.351 e. The molecule has 0 spiro atoms. The lowest BCUT2D eigenvalue weighted by molar-refractivity contribution is 0.187. The van der Waals surface area contributed by atoms with Gasteiger partial charge in [0, 0.05) is 29.9 Å². The maximum Gasteiger partial charge on any atom is 0.133 e. The number of pyridine rings is 1. The minimum atomic E-state index is 0.470. The highest BCUT2D eigenvalue weighted by atomic mass is 15.2. The van der Waals surface area contributed by atoms with E-state index in [2.05, 4.69) is 56.7 Å². The van der Waals surface area contributed by atoms with Gasteiger partial charge in [-0.3, -0.25) is 4.90 Å². The van der Waals surface area contributed by atoms with Gasteiger partial charge in [-0.05, 0) is 60.2 Å². The molecule has 3 heteroatoms. The van der Waals surface area contributed by atoms with Gasteiger partial charge in [-0.1, -0.05) is 12.5 Å². The Labute approximate surface area is 124 Å². The van der Waals surface area contributed by atoms with Crippen LogP contribution in [0.25, 0.3) is 0 Å². The van der Waals surface area contributed by atoms with E-state index in [0.717, 1.165) is 0 Å². The molecule has 1 saturated heterocycles. The molecule has 1 atom stereocenters. The highest BCUT2D eigenvalue weighted by molar-refractivity contribution is 5.50. The summed E-state index contributed by atoms with van der Waals surface area (Å²) in [5.74, 6) is 1.18. The standard InChI is InChI=1S/C17H29N3/c1-13(2)20(14(3)4)17-15(9-8-11-18-17)16-10-6-7-12-19(16)5/h8-9,11,13-14,16H,6-7,10,12H2,1-5H3/t16-/m0/s1. The van der Waals surface area contributed by atoms with Crippen molar-refractivity contribution in [2.75, 3.05) is 18.5 Å². The zero-order chi connectivity index (χ0) is 14.7. The number of hydrogen-bond donors (Lipinski definition) is 0. The van der Waals surface area contributed by atoms with Gasteiger partial charge in [0.05, 0.1) is 0 Å². The monoisotopic (exact) mass is 275 g/mol. The van der Waals surface area contributed by atoms with E-state index < -0.39 is 0 Å².